The first-order valence-electron chi connectivity index (χ1n) is 9.07. The summed E-state index contributed by atoms with van der Waals surface area (Å²) in [6.45, 7) is 8.55. The van der Waals surface area contributed by atoms with Gasteiger partial charge in [0.1, 0.15) is 0 Å². The summed E-state index contributed by atoms with van der Waals surface area (Å²) in [7, 11) is 2.22. The first-order valence-corrected chi connectivity index (χ1v) is 9.07. The predicted molar refractivity (Wildman–Crippen MR) is 86.5 cm³/mol. The van der Waals surface area contributed by atoms with Gasteiger partial charge in [0, 0.05) is 51.2 Å². The Morgan fingerprint density at radius 3 is 2.38 bits per heavy atom. The van der Waals surface area contributed by atoms with Crippen LogP contribution in [-0.4, -0.2) is 84.8 Å². The van der Waals surface area contributed by atoms with E-state index in [4.69, 9.17) is 0 Å². The number of rotatable bonds is 4. The molecule has 0 aromatic rings. The molecule has 0 aromatic heterocycles. The molecule has 4 heteroatoms. The quantitative estimate of drug-likeness (QED) is 0.845. The molecule has 2 heterocycles. The topological polar surface area (TPSA) is 30.0 Å². The zero-order valence-corrected chi connectivity index (χ0v) is 13.7. The van der Waals surface area contributed by atoms with Gasteiger partial charge in [-0.1, -0.05) is 12.8 Å². The third-order valence-electron chi connectivity index (χ3n) is 5.99. The van der Waals surface area contributed by atoms with Gasteiger partial charge < -0.3 is 10.0 Å². The second-order valence-corrected chi connectivity index (χ2v) is 7.41. The van der Waals surface area contributed by atoms with Gasteiger partial charge >= 0.3 is 0 Å². The maximum absolute atomic E-state index is 10.3. The zero-order chi connectivity index (χ0) is 14.7. The minimum atomic E-state index is -0.0285. The van der Waals surface area contributed by atoms with Crippen molar-refractivity contribution in [2.24, 2.45) is 5.92 Å². The third kappa shape index (κ3) is 3.98. The Hall–Kier alpha value is -0.160. The normalized spacial score (nSPS) is 37.1. The Morgan fingerprint density at radius 2 is 1.67 bits per heavy atom. The Labute approximate surface area is 130 Å². The van der Waals surface area contributed by atoms with Crippen molar-refractivity contribution in [1.29, 1.82) is 0 Å². The van der Waals surface area contributed by atoms with Gasteiger partial charge in [0.2, 0.25) is 0 Å². The molecule has 3 atom stereocenters. The second-order valence-electron chi connectivity index (χ2n) is 7.41. The number of piperazine rings is 1. The van der Waals surface area contributed by atoms with Crippen molar-refractivity contribution in [3.05, 3.63) is 0 Å². The fraction of sp³-hybridized carbons (Fsp3) is 1.00. The number of nitrogens with zero attached hydrogens (tertiary/aromatic N) is 3. The van der Waals surface area contributed by atoms with E-state index >= 15 is 0 Å². The summed E-state index contributed by atoms with van der Waals surface area (Å²) in [6.07, 6.45) is 7.50. The number of aliphatic hydroxyl groups excluding tert-OH is 1. The van der Waals surface area contributed by atoms with E-state index in [1.807, 2.05) is 0 Å². The second kappa shape index (κ2) is 7.40. The summed E-state index contributed by atoms with van der Waals surface area (Å²) in [5, 5.41) is 10.3. The summed E-state index contributed by atoms with van der Waals surface area (Å²) in [6, 6.07) is 0.656. The van der Waals surface area contributed by atoms with Crippen molar-refractivity contribution < 1.29 is 5.11 Å². The molecule has 0 spiro atoms. The number of hydrogen-bond donors (Lipinski definition) is 1. The molecule has 0 bridgehead atoms. The van der Waals surface area contributed by atoms with E-state index in [9.17, 15) is 5.11 Å². The molecule has 0 amide bonds. The highest BCUT2D eigenvalue weighted by molar-refractivity contribution is 4.90. The van der Waals surface area contributed by atoms with Gasteiger partial charge in [-0.15, -0.1) is 0 Å². The van der Waals surface area contributed by atoms with Crippen molar-refractivity contribution in [3.63, 3.8) is 0 Å². The molecular formula is C17H33N3O. The minimum Gasteiger partial charge on any atom is -0.393 e. The Balaban J connectivity index is 1.50. The summed E-state index contributed by atoms with van der Waals surface area (Å²) >= 11 is 0. The number of aliphatic hydroxyl groups is 1. The first kappa shape index (κ1) is 15.7. The lowest BCUT2D eigenvalue weighted by molar-refractivity contribution is 0.0276. The smallest absolute Gasteiger partial charge is 0.0583 e. The monoisotopic (exact) mass is 295 g/mol. The highest BCUT2D eigenvalue weighted by Crippen LogP contribution is 2.35. The van der Waals surface area contributed by atoms with Crippen molar-refractivity contribution in [1.82, 2.24) is 14.7 Å². The van der Waals surface area contributed by atoms with Crippen molar-refractivity contribution >= 4 is 0 Å². The van der Waals surface area contributed by atoms with E-state index in [0.29, 0.717) is 12.0 Å². The van der Waals surface area contributed by atoms with Crippen LogP contribution in [0.3, 0.4) is 0 Å². The van der Waals surface area contributed by atoms with Gasteiger partial charge in [-0.2, -0.15) is 0 Å². The summed E-state index contributed by atoms with van der Waals surface area (Å²) in [4.78, 5) is 7.76. The third-order valence-corrected chi connectivity index (χ3v) is 5.99. The molecule has 2 saturated heterocycles. The highest BCUT2D eigenvalue weighted by Gasteiger charge is 2.36. The molecule has 4 nitrogen and oxygen atoms in total. The fourth-order valence-electron chi connectivity index (χ4n) is 4.54. The van der Waals surface area contributed by atoms with Crippen molar-refractivity contribution in [2.75, 3.05) is 52.9 Å². The van der Waals surface area contributed by atoms with Gasteiger partial charge in [-0.3, -0.25) is 9.80 Å². The van der Waals surface area contributed by atoms with Crippen LogP contribution in [0.2, 0.25) is 0 Å². The van der Waals surface area contributed by atoms with Crippen LogP contribution in [0.1, 0.15) is 38.5 Å². The Bertz CT molecular complexity index is 317. The van der Waals surface area contributed by atoms with Gasteiger partial charge in [-0.05, 0) is 39.3 Å². The molecule has 21 heavy (non-hydrogen) atoms. The van der Waals surface area contributed by atoms with Crippen LogP contribution in [-0.2, 0) is 0 Å². The first-order chi connectivity index (χ1) is 10.2. The van der Waals surface area contributed by atoms with E-state index < -0.39 is 0 Å². The molecule has 3 unspecified atom stereocenters. The van der Waals surface area contributed by atoms with Gasteiger partial charge in [0.05, 0.1) is 6.10 Å². The van der Waals surface area contributed by atoms with Gasteiger partial charge in [0.15, 0.2) is 0 Å². The lowest BCUT2D eigenvalue weighted by Crippen LogP contribution is -2.51. The van der Waals surface area contributed by atoms with Crippen LogP contribution in [0.25, 0.3) is 0 Å². The SMILES string of the molecule is CN1CCN(CCN2CCCCC2C2CCCC2O)CC1. The largest absolute Gasteiger partial charge is 0.393 e. The van der Waals surface area contributed by atoms with Gasteiger partial charge in [0.25, 0.3) is 0 Å². The lowest BCUT2D eigenvalue weighted by atomic mass is 9.88. The average molecular weight is 295 g/mol. The molecule has 3 rings (SSSR count). The summed E-state index contributed by atoms with van der Waals surface area (Å²) in [5.41, 5.74) is 0. The van der Waals surface area contributed by atoms with Crippen LogP contribution in [0.4, 0.5) is 0 Å². The molecular weight excluding hydrogens is 262 g/mol. The van der Waals surface area contributed by atoms with Crippen molar-refractivity contribution in [3.8, 4) is 0 Å². The van der Waals surface area contributed by atoms with Crippen LogP contribution in [0.5, 0.6) is 0 Å². The summed E-state index contributed by atoms with van der Waals surface area (Å²) in [5.74, 6) is 0.554. The molecule has 122 valence electrons. The molecule has 1 saturated carbocycles. The Kier molecular flexibility index (Phi) is 5.54. The molecule has 0 aromatic carbocycles. The van der Waals surface area contributed by atoms with Crippen LogP contribution in [0.15, 0.2) is 0 Å². The molecule has 3 aliphatic rings. The molecule has 0 radical (unpaired) electrons. The molecule has 1 aliphatic carbocycles. The van der Waals surface area contributed by atoms with E-state index in [2.05, 4.69) is 21.7 Å². The molecule has 1 N–H and O–H groups in total. The predicted octanol–water partition coefficient (Wildman–Crippen LogP) is 1.25. The van der Waals surface area contributed by atoms with Crippen LogP contribution < -0.4 is 0 Å². The van der Waals surface area contributed by atoms with Crippen LogP contribution in [0, 0.1) is 5.92 Å². The highest BCUT2D eigenvalue weighted by atomic mass is 16.3. The van der Waals surface area contributed by atoms with E-state index in [1.54, 1.807) is 0 Å². The molecule has 2 aliphatic heterocycles. The minimum absolute atomic E-state index is 0.0285. The number of hydrogen-bond acceptors (Lipinski definition) is 4. The average Bonchev–Trinajstić information content (AvgIpc) is 2.93. The van der Waals surface area contributed by atoms with E-state index in [0.717, 1.165) is 6.42 Å². The molecule has 3 fully saturated rings. The fourth-order valence-corrected chi connectivity index (χ4v) is 4.54. The number of piperidine rings is 1. The number of likely N-dealkylation sites (N-methyl/N-ethyl adjacent to an activating group) is 1. The summed E-state index contributed by atoms with van der Waals surface area (Å²) < 4.78 is 0. The zero-order valence-electron chi connectivity index (χ0n) is 13.7. The lowest BCUT2D eigenvalue weighted by Gasteiger charge is -2.42. The maximum atomic E-state index is 10.3. The number of likely N-dealkylation sites (tertiary alicyclic amines) is 1. The Morgan fingerprint density at radius 1 is 0.857 bits per heavy atom. The van der Waals surface area contributed by atoms with Crippen molar-refractivity contribution in [2.45, 2.75) is 50.7 Å². The van der Waals surface area contributed by atoms with E-state index in [-0.39, 0.29) is 6.10 Å². The van der Waals surface area contributed by atoms with Crippen LogP contribution >= 0.6 is 0 Å². The standard InChI is InChI=1S/C17H33N3O/c1-18-9-11-19(12-10-18)13-14-20-8-3-2-6-16(20)15-5-4-7-17(15)21/h15-17,21H,2-14H2,1H3. The van der Waals surface area contributed by atoms with E-state index in [1.165, 1.54) is 77.9 Å². The maximum Gasteiger partial charge on any atom is 0.0583 e. The van der Waals surface area contributed by atoms with Gasteiger partial charge in [-0.25, -0.2) is 0 Å².